The maximum absolute atomic E-state index is 5.32. The van der Waals surface area contributed by atoms with Crippen LogP contribution in [0.5, 0.6) is 11.5 Å². The first-order chi connectivity index (χ1) is 6.93. The van der Waals surface area contributed by atoms with Crippen molar-refractivity contribution in [3.05, 3.63) is 12.1 Å². The number of anilines is 2. The molecule has 74 valence electrons. The van der Waals surface area contributed by atoms with Gasteiger partial charge in [-0.25, -0.2) is 0 Å². The van der Waals surface area contributed by atoms with Crippen molar-refractivity contribution in [2.75, 3.05) is 30.5 Å². The third-order valence-electron chi connectivity index (χ3n) is 2.50. The molecule has 0 bridgehead atoms. The summed E-state index contributed by atoms with van der Waals surface area (Å²) in [4.78, 5) is 0. The molecule has 2 N–H and O–H groups in total. The van der Waals surface area contributed by atoms with Crippen LogP contribution in [-0.4, -0.2) is 19.9 Å². The van der Waals surface area contributed by atoms with Gasteiger partial charge in [0.1, 0.15) is 0 Å². The summed E-state index contributed by atoms with van der Waals surface area (Å²) in [6.07, 6.45) is 1.13. The summed E-state index contributed by atoms with van der Waals surface area (Å²) < 4.78 is 10.6. The Balaban J connectivity index is 2.06. The van der Waals surface area contributed by atoms with Gasteiger partial charge < -0.3 is 20.1 Å². The van der Waals surface area contributed by atoms with E-state index in [0.29, 0.717) is 6.79 Å². The van der Waals surface area contributed by atoms with Crippen molar-refractivity contribution in [1.82, 2.24) is 0 Å². The minimum Gasteiger partial charge on any atom is -0.454 e. The van der Waals surface area contributed by atoms with Crippen LogP contribution < -0.4 is 20.1 Å². The van der Waals surface area contributed by atoms with Crippen LogP contribution in [0.1, 0.15) is 6.42 Å². The van der Waals surface area contributed by atoms with Crippen molar-refractivity contribution in [2.45, 2.75) is 6.42 Å². The second-order valence-electron chi connectivity index (χ2n) is 3.46. The Labute approximate surface area is 82.2 Å². The van der Waals surface area contributed by atoms with Crippen LogP contribution in [0.4, 0.5) is 11.4 Å². The normalized spacial score (nSPS) is 17.7. The molecule has 2 heterocycles. The van der Waals surface area contributed by atoms with Crippen molar-refractivity contribution >= 4 is 11.4 Å². The summed E-state index contributed by atoms with van der Waals surface area (Å²) in [6.45, 7) is 2.33. The number of hydrogen-bond acceptors (Lipinski definition) is 4. The molecule has 4 nitrogen and oxygen atoms in total. The van der Waals surface area contributed by atoms with E-state index in [9.17, 15) is 0 Å². The van der Waals surface area contributed by atoms with Gasteiger partial charge in [0.2, 0.25) is 6.79 Å². The third kappa shape index (κ3) is 1.14. The highest BCUT2D eigenvalue weighted by atomic mass is 16.7. The Morgan fingerprint density at radius 1 is 0.929 bits per heavy atom. The van der Waals surface area contributed by atoms with E-state index in [1.165, 1.54) is 0 Å². The van der Waals surface area contributed by atoms with Gasteiger partial charge >= 0.3 is 0 Å². The largest absolute Gasteiger partial charge is 0.454 e. The van der Waals surface area contributed by atoms with E-state index < -0.39 is 0 Å². The Morgan fingerprint density at radius 3 is 2.07 bits per heavy atom. The lowest BCUT2D eigenvalue weighted by Crippen LogP contribution is -2.01. The Kier molecular flexibility index (Phi) is 1.65. The van der Waals surface area contributed by atoms with Crippen LogP contribution in [0.3, 0.4) is 0 Å². The van der Waals surface area contributed by atoms with Crippen LogP contribution >= 0.6 is 0 Å². The molecule has 2 aliphatic rings. The lowest BCUT2D eigenvalue weighted by molar-refractivity contribution is 0.174. The average molecular weight is 192 g/mol. The van der Waals surface area contributed by atoms with Gasteiger partial charge in [0.25, 0.3) is 0 Å². The molecule has 2 aliphatic heterocycles. The van der Waals surface area contributed by atoms with E-state index in [4.69, 9.17) is 9.47 Å². The van der Waals surface area contributed by atoms with E-state index in [0.717, 1.165) is 42.4 Å². The molecule has 1 aromatic carbocycles. The maximum Gasteiger partial charge on any atom is 0.231 e. The molecule has 0 fully saturated rings. The summed E-state index contributed by atoms with van der Waals surface area (Å²) in [6, 6.07) is 3.99. The van der Waals surface area contributed by atoms with Gasteiger partial charge in [-0.05, 0) is 6.42 Å². The number of fused-ring (bicyclic) bond motifs is 2. The topological polar surface area (TPSA) is 42.5 Å². The van der Waals surface area contributed by atoms with E-state index >= 15 is 0 Å². The lowest BCUT2D eigenvalue weighted by atomic mass is 10.2. The summed E-state index contributed by atoms with van der Waals surface area (Å²) in [5.74, 6) is 1.67. The Morgan fingerprint density at radius 2 is 1.50 bits per heavy atom. The highest BCUT2D eigenvalue weighted by molar-refractivity contribution is 5.75. The molecule has 0 amide bonds. The van der Waals surface area contributed by atoms with Crippen molar-refractivity contribution in [1.29, 1.82) is 0 Å². The molecule has 3 rings (SSSR count). The first-order valence-electron chi connectivity index (χ1n) is 4.85. The number of nitrogens with one attached hydrogen (secondary N) is 2. The number of hydrogen-bond donors (Lipinski definition) is 2. The molecule has 4 heteroatoms. The van der Waals surface area contributed by atoms with Crippen molar-refractivity contribution < 1.29 is 9.47 Å². The summed E-state index contributed by atoms with van der Waals surface area (Å²) in [7, 11) is 0. The standard InChI is InChI=1S/C10H12N2O2/c1-2-11-7-4-9-10(14-6-13-9)5-8(7)12-3-1/h4-5,11-12H,1-3,6H2. The monoisotopic (exact) mass is 192 g/mol. The minimum absolute atomic E-state index is 0.332. The Bertz CT molecular complexity index is 332. The molecule has 0 atom stereocenters. The van der Waals surface area contributed by atoms with Crippen LogP contribution in [-0.2, 0) is 0 Å². The van der Waals surface area contributed by atoms with E-state index in [1.807, 2.05) is 12.1 Å². The van der Waals surface area contributed by atoms with E-state index in [-0.39, 0.29) is 0 Å². The fraction of sp³-hybridized carbons (Fsp3) is 0.400. The Hall–Kier alpha value is -1.58. The van der Waals surface area contributed by atoms with Crippen molar-refractivity contribution in [3.8, 4) is 11.5 Å². The number of ether oxygens (including phenoxy) is 2. The molecule has 0 unspecified atom stereocenters. The zero-order valence-corrected chi connectivity index (χ0v) is 7.80. The van der Waals surface area contributed by atoms with Gasteiger partial charge in [-0.15, -0.1) is 0 Å². The molecule has 1 aromatic rings. The van der Waals surface area contributed by atoms with E-state index in [2.05, 4.69) is 10.6 Å². The van der Waals surface area contributed by atoms with Gasteiger partial charge in [-0.3, -0.25) is 0 Å². The minimum atomic E-state index is 0.332. The SMILES string of the molecule is c1c2c(cc3c1OCO3)NCCCN2. The van der Waals surface area contributed by atoms with Crippen LogP contribution in [0.15, 0.2) is 12.1 Å². The fourth-order valence-electron chi connectivity index (χ4n) is 1.77. The molecule has 0 aromatic heterocycles. The van der Waals surface area contributed by atoms with Crippen LogP contribution in [0, 0.1) is 0 Å². The molecule has 0 saturated heterocycles. The van der Waals surface area contributed by atoms with Crippen molar-refractivity contribution in [2.24, 2.45) is 0 Å². The molecule has 14 heavy (non-hydrogen) atoms. The highest BCUT2D eigenvalue weighted by Gasteiger charge is 2.17. The quantitative estimate of drug-likeness (QED) is 0.655. The van der Waals surface area contributed by atoms with Crippen LogP contribution in [0.25, 0.3) is 0 Å². The molecule has 0 spiro atoms. The number of benzene rings is 1. The van der Waals surface area contributed by atoms with Gasteiger partial charge in [-0.2, -0.15) is 0 Å². The van der Waals surface area contributed by atoms with Gasteiger partial charge in [0.15, 0.2) is 11.5 Å². The first kappa shape index (κ1) is 7.79. The van der Waals surface area contributed by atoms with Crippen LogP contribution in [0.2, 0.25) is 0 Å². The zero-order chi connectivity index (χ0) is 9.38. The highest BCUT2D eigenvalue weighted by Crippen LogP contribution is 2.39. The van der Waals surface area contributed by atoms with E-state index in [1.54, 1.807) is 0 Å². The predicted molar refractivity (Wildman–Crippen MR) is 54.2 cm³/mol. The maximum atomic E-state index is 5.32. The predicted octanol–water partition coefficient (Wildman–Crippen LogP) is 1.64. The molecule has 0 saturated carbocycles. The summed E-state index contributed by atoms with van der Waals surface area (Å²) in [5.41, 5.74) is 2.21. The molecular weight excluding hydrogens is 180 g/mol. The molecule has 0 aliphatic carbocycles. The summed E-state index contributed by atoms with van der Waals surface area (Å²) >= 11 is 0. The van der Waals surface area contributed by atoms with Gasteiger partial charge in [0, 0.05) is 25.2 Å². The smallest absolute Gasteiger partial charge is 0.231 e. The second-order valence-corrected chi connectivity index (χ2v) is 3.46. The molecular formula is C10H12N2O2. The number of rotatable bonds is 0. The average Bonchev–Trinajstić information content (AvgIpc) is 2.51. The van der Waals surface area contributed by atoms with Crippen molar-refractivity contribution in [3.63, 3.8) is 0 Å². The third-order valence-corrected chi connectivity index (χ3v) is 2.50. The van der Waals surface area contributed by atoms with Gasteiger partial charge in [-0.1, -0.05) is 0 Å². The first-order valence-corrected chi connectivity index (χ1v) is 4.85. The zero-order valence-electron chi connectivity index (χ0n) is 7.80. The molecule has 0 radical (unpaired) electrons. The fourth-order valence-corrected chi connectivity index (χ4v) is 1.77. The summed E-state index contributed by atoms with van der Waals surface area (Å²) in [5, 5.41) is 6.71. The second kappa shape index (κ2) is 2.97. The lowest BCUT2D eigenvalue weighted by Gasteiger charge is -2.09. The van der Waals surface area contributed by atoms with Gasteiger partial charge in [0.05, 0.1) is 11.4 Å².